The van der Waals surface area contributed by atoms with Gasteiger partial charge in [0.05, 0.1) is 17.7 Å². The van der Waals surface area contributed by atoms with Crippen molar-refractivity contribution in [2.45, 2.75) is 25.9 Å². The van der Waals surface area contributed by atoms with E-state index in [0.717, 1.165) is 12.8 Å². The minimum absolute atomic E-state index is 0.00236. The molecule has 0 aromatic heterocycles. The fourth-order valence-corrected chi connectivity index (χ4v) is 2.82. The van der Waals surface area contributed by atoms with Crippen LogP contribution in [-0.4, -0.2) is 39.3 Å². The van der Waals surface area contributed by atoms with Gasteiger partial charge in [-0.05, 0) is 12.8 Å². The van der Waals surface area contributed by atoms with Gasteiger partial charge in [-0.1, -0.05) is 6.92 Å². The molecule has 7 heteroatoms. The van der Waals surface area contributed by atoms with Crippen LogP contribution < -0.4 is 10.5 Å². The molecule has 1 saturated heterocycles. The van der Waals surface area contributed by atoms with Crippen LogP contribution >= 0.6 is 0 Å². The van der Waals surface area contributed by atoms with Gasteiger partial charge in [-0.15, -0.1) is 0 Å². The summed E-state index contributed by atoms with van der Waals surface area (Å²) in [5.41, 5.74) is 5.25. The molecule has 1 heterocycles. The summed E-state index contributed by atoms with van der Waals surface area (Å²) in [6, 6.07) is 0. The Labute approximate surface area is 96.1 Å². The highest BCUT2D eigenvalue weighted by Crippen LogP contribution is 2.13. The molecule has 6 nitrogen and oxygen atoms in total. The molecule has 1 aliphatic rings. The Balaban J connectivity index is 2.36. The maximum atomic E-state index is 11.6. The summed E-state index contributed by atoms with van der Waals surface area (Å²) in [4.78, 5) is 0. The minimum Gasteiger partial charge on any atom is -0.387 e. The molecule has 1 rings (SSSR count). The van der Waals surface area contributed by atoms with Crippen LogP contribution in [0.15, 0.2) is 0 Å². The van der Waals surface area contributed by atoms with Gasteiger partial charge in [-0.3, -0.25) is 5.41 Å². The van der Waals surface area contributed by atoms with Crippen molar-refractivity contribution in [3.8, 4) is 0 Å². The Hall–Kier alpha value is -0.660. The Morgan fingerprint density at radius 3 is 2.88 bits per heavy atom. The molecule has 0 spiro atoms. The van der Waals surface area contributed by atoms with E-state index in [2.05, 4.69) is 4.72 Å². The molecule has 2 unspecified atom stereocenters. The summed E-state index contributed by atoms with van der Waals surface area (Å²) in [6.07, 6.45) is 1.53. The number of nitrogens with two attached hydrogens (primary N) is 1. The number of rotatable bonds is 6. The molecule has 1 fully saturated rings. The standard InChI is InChI=1S/C9H19N3O3S/c1-7(9(10)11)5-12-16(13,14)6-8-3-2-4-15-8/h7-8,12H,2-6H2,1H3,(H3,10,11). The highest BCUT2D eigenvalue weighted by atomic mass is 32.2. The second kappa shape index (κ2) is 5.60. The van der Waals surface area contributed by atoms with Crippen LogP contribution in [-0.2, 0) is 14.8 Å². The zero-order valence-corrected chi connectivity index (χ0v) is 10.2. The molecule has 4 N–H and O–H groups in total. The van der Waals surface area contributed by atoms with E-state index in [1.807, 2.05) is 0 Å². The third-order valence-corrected chi connectivity index (χ3v) is 3.99. The van der Waals surface area contributed by atoms with Gasteiger partial charge < -0.3 is 10.5 Å². The second-order valence-electron chi connectivity index (χ2n) is 4.12. The summed E-state index contributed by atoms with van der Waals surface area (Å²) in [7, 11) is -3.32. The van der Waals surface area contributed by atoms with E-state index in [-0.39, 0.29) is 30.2 Å². The molecule has 0 bridgehead atoms. The summed E-state index contributed by atoms with van der Waals surface area (Å²) in [5.74, 6) is -0.295. The lowest BCUT2D eigenvalue weighted by molar-refractivity contribution is 0.127. The van der Waals surface area contributed by atoms with Crippen LogP contribution in [0.2, 0.25) is 0 Å². The first-order valence-corrected chi connectivity index (χ1v) is 6.99. The van der Waals surface area contributed by atoms with Crippen LogP contribution in [0, 0.1) is 11.3 Å². The molecule has 0 aliphatic carbocycles. The topological polar surface area (TPSA) is 105 Å². The molecule has 2 atom stereocenters. The number of ether oxygens (including phenoxy) is 1. The fourth-order valence-electron chi connectivity index (χ4n) is 1.44. The van der Waals surface area contributed by atoms with E-state index in [4.69, 9.17) is 15.9 Å². The molecule has 0 saturated carbocycles. The lowest BCUT2D eigenvalue weighted by atomic mass is 10.2. The van der Waals surface area contributed by atoms with Crippen LogP contribution in [0.5, 0.6) is 0 Å². The van der Waals surface area contributed by atoms with Gasteiger partial charge in [0, 0.05) is 19.1 Å². The zero-order valence-electron chi connectivity index (χ0n) is 9.40. The predicted molar refractivity (Wildman–Crippen MR) is 61.8 cm³/mol. The number of sulfonamides is 1. The van der Waals surface area contributed by atoms with Crippen molar-refractivity contribution in [1.29, 1.82) is 5.41 Å². The van der Waals surface area contributed by atoms with Crippen molar-refractivity contribution in [2.75, 3.05) is 18.9 Å². The summed E-state index contributed by atoms with van der Waals surface area (Å²) in [6.45, 7) is 2.52. The lowest BCUT2D eigenvalue weighted by Gasteiger charge is -2.13. The zero-order chi connectivity index (χ0) is 12.2. The molecule has 94 valence electrons. The van der Waals surface area contributed by atoms with Gasteiger partial charge in [0.25, 0.3) is 0 Å². The van der Waals surface area contributed by atoms with Crippen molar-refractivity contribution in [1.82, 2.24) is 4.72 Å². The van der Waals surface area contributed by atoms with Gasteiger partial charge in [0.2, 0.25) is 10.0 Å². The Kier molecular flexibility index (Phi) is 4.69. The Morgan fingerprint density at radius 1 is 1.69 bits per heavy atom. The third-order valence-electron chi connectivity index (χ3n) is 2.57. The highest BCUT2D eigenvalue weighted by Gasteiger charge is 2.23. The van der Waals surface area contributed by atoms with E-state index in [0.29, 0.717) is 6.61 Å². The van der Waals surface area contributed by atoms with Gasteiger partial charge in [-0.2, -0.15) is 0 Å². The summed E-state index contributed by atoms with van der Waals surface area (Å²) >= 11 is 0. The maximum Gasteiger partial charge on any atom is 0.214 e. The number of amidine groups is 1. The highest BCUT2D eigenvalue weighted by molar-refractivity contribution is 7.89. The predicted octanol–water partition coefficient (Wildman–Crippen LogP) is -0.343. The summed E-state index contributed by atoms with van der Waals surface area (Å²) < 4.78 is 30.9. The average Bonchev–Trinajstić information content (AvgIpc) is 2.65. The Bertz CT molecular complexity index is 336. The van der Waals surface area contributed by atoms with E-state index in [1.54, 1.807) is 6.92 Å². The molecule has 16 heavy (non-hydrogen) atoms. The van der Waals surface area contributed by atoms with Crippen LogP contribution in [0.4, 0.5) is 0 Å². The first-order valence-electron chi connectivity index (χ1n) is 5.33. The largest absolute Gasteiger partial charge is 0.387 e. The van der Waals surface area contributed by atoms with Crippen molar-refractivity contribution in [3.05, 3.63) is 0 Å². The van der Waals surface area contributed by atoms with Crippen LogP contribution in [0.25, 0.3) is 0 Å². The lowest BCUT2D eigenvalue weighted by Crippen LogP contribution is -2.37. The molecule has 0 aromatic carbocycles. The molecular formula is C9H19N3O3S. The van der Waals surface area contributed by atoms with E-state index >= 15 is 0 Å². The summed E-state index contributed by atoms with van der Waals surface area (Å²) in [5, 5.41) is 7.15. The minimum atomic E-state index is -3.32. The smallest absolute Gasteiger partial charge is 0.214 e. The van der Waals surface area contributed by atoms with E-state index in [1.165, 1.54) is 0 Å². The van der Waals surface area contributed by atoms with Crippen molar-refractivity contribution in [2.24, 2.45) is 11.7 Å². The number of hydrogen-bond donors (Lipinski definition) is 3. The fraction of sp³-hybridized carbons (Fsp3) is 0.889. The monoisotopic (exact) mass is 249 g/mol. The van der Waals surface area contributed by atoms with Gasteiger partial charge in [0.1, 0.15) is 0 Å². The van der Waals surface area contributed by atoms with Gasteiger partial charge in [-0.25, -0.2) is 13.1 Å². The van der Waals surface area contributed by atoms with Crippen molar-refractivity contribution in [3.63, 3.8) is 0 Å². The normalized spacial score (nSPS) is 23.2. The Morgan fingerprint density at radius 2 is 2.38 bits per heavy atom. The first kappa shape index (κ1) is 13.4. The third kappa shape index (κ3) is 4.46. The molecule has 1 aliphatic heterocycles. The average molecular weight is 249 g/mol. The maximum absolute atomic E-state index is 11.6. The first-order chi connectivity index (χ1) is 7.41. The van der Waals surface area contributed by atoms with Crippen LogP contribution in [0.3, 0.4) is 0 Å². The molecular weight excluding hydrogens is 230 g/mol. The van der Waals surface area contributed by atoms with E-state index < -0.39 is 10.0 Å². The molecule has 0 amide bonds. The number of nitrogens with one attached hydrogen (secondary N) is 2. The second-order valence-corrected chi connectivity index (χ2v) is 5.97. The molecule has 0 radical (unpaired) electrons. The van der Waals surface area contributed by atoms with Crippen LogP contribution in [0.1, 0.15) is 19.8 Å². The number of hydrogen-bond acceptors (Lipinski definition) is 4. The van der Waals surface area contributed by atoms with Crippen molar-refractivity contribution >= 4 is 15.9 Å². The molecule has 0 aromatic rings. The van der Waals surface area contributed by atoms with E-state index in [9.17, 15) is 8.42 Å². The van der Waals surface area contributed by atoms with Gasteiger partial charge >= 0.3 is 0 Å². The van der Waals surface area contributed by atoms with Gasteiger partial charge in [0.15, 0.2) is 0 Å². The SMILES string of the molecule is CC(CNS(=O)(=O)CC1CCCO1)C(=N)N. The quantitative estimate of drug-likeness (QED) is 0.442. The van der Waals surface area contributed by atoms with Crippen molar-refractivity contribution < 1.29 is 13.2 Å².